The number of para-hydroxylation sites is 2. The minimum absolute atomic E-state index is 0.0184. The van der Waals surface area contributed by atoms with Crippen LogP contribution in [-0.4, -0.2) is 37.7 Å². The molecule has 158 valence electrons. The number of fused-ring (bicyclic) bond motifs is 1. The number of oxazole rings is 1. The molecule has 0 fully saturated rings. The molecular formula is C22H18FN3O4S. The highest BCUT2D eigenvalue weighted by molar-refractivity contribution is 7.89. The van der Waals surface area contributed by atoms with Crippen LogP contribution in [0.2, 0.25) is 0 Å². The molecule has 0 unspecified atom stereocenters. The molecule has 31 heavy (non-hydrogen) atoms. The van der Waals surface area contributed by atoms with E-state index in [4.69, 9.17) is 4.42 Å². The Labute approximate surface area is 178 Å². The number of halogens is 1. The molecule has 0 aliphatic rings. The van der Waals surface area contributed by atoms with Crippen LogP contribution in [0.5, 0.6) is 0 Å². The van der Waals surface area contributed by atoms with Gasteiger partial charge in [-0.3, -0.25) is 4.79 Å². The van der Waals surface area contributed by atoms with E-state index in [1.807, 2.05) is 24.3 Å². The van der Waals surface area contributed by atoms with E-state index < -0.39 is 26.6 Å². The maximum atomic E-state index is 14.0. The third-order valence-electron chi connectivity index (χ3n) is 4.64. The molecule has 0 saturated carbocycles. The maximum absolute atomic E-state index is 14.0. The van der Waals surface area contributed by atoms with Crippen molar-refractivity contribution in [2.75, 3.05) is 19.4 Å². The van der Waals surface area contributed by atoms with Crippen molar-refractivity contribution in [3.05, 3.63) is 78.1 Å². The molecule has 1 amide bonds. The van der Waals surface area contributed by atoms with Gasteiger partial charge in [-0.15, -0.1) is 0 Å². The summed E-state index contributed by atoms with van der Waals surface area (Å²) in [5, 5.41) is 2.67. The van der Waals surface area contributed by atoms with E-state index in [-0.39, 0.29) is 5.56 Å². The lowest BCUT2D eigenvalue weighted by atomic mass is 10.1. The van der Waals surface area contributed by atoms with Gasteiger partial charge in [-0.1, -0.05) is 12.1 Å². The molecule has 9 heteroatoms. The number of carbonyl (C=O) groups is 1. The van der Waals surface area contributed by atoms with Crippen molar-refractivity contribution < 1.29 is 22.0 Å². The van der Waals surface area contributed by atoms with Gasteiger partial charge in [-0.05, 0) is 54.6 Å². The van der Waals surface area contributed by atoms with Gasteiger partial charge in [0, 0.05) is 30.9 Å². The van der Waals surface area contributed by atoms with Gasteiger partial charge in [0.1, 0.15) is 16.2 Å². The third kappa shape index (κ3) is 4.05. The Balaban J connectivity index is 1.55. The lowest BCUT2D eigenvalue weighted by molar-refractivity contribution is 0.102. The van der Waals surface area contributed by atoms with Crippen LogP contribution in [0, 0.1) is 5.82 Å². The topological polar surface area (TPSA) is 92.5 Å². The van der Waals surface area contributed by atoms with Crippen molar-refractivity contribution in [1.29, 1.82) is 0 Å². The highest BCUT2D eigenvalue weighted by Crippen LogP contribution is 2.25. The van der Waals surface area contributed by atoms with E-state index >= 15 is 0 Å². The maximum Gasteiger partial charge on any atom is 0.255 e. The van der Waals surface area contributed by atoms with Gasteiger partial charge in [0.05, 0.1) is 0 Å². The molecule has 0 aliphatic heterocycles. The SMILES string of the molecule is CN(C)S(=O)(=O)c1cc(C(=O)Nc2ccc(-c3nc4ccccc4o3)cc2)ccc1F. The quantitative estimate of drug-likeness (QED) is 0.505. The van der Waals surface area contributed by atoms with Gasteiger partial charge in [-0.25, -0.2) is 22.1 Å². The van der Waals surface area contributed by atoms with Crippen LogP contribution in [-0.2, 0) is 10.0 Å². The number of amides is 1. The molecule has 0 aliphatic carbocycles. The fourth-order valence-electron chi connectivity index (χ4n) is 2.93. The van der Waals surface area contributed by atoms with Gasteiger partial charge in [-0.2, -0.15) is 0 Å². The minimum atomic E-state index is -4.02. The molecule has 0 atom stereocenters. The molecule has 7 nitrogen and oxygen atoms in total. The number of hydrogen-bond donors (Lipinski definition) is 1. The second kappa shape index (κ2) is 7.93. The Bertz CT molecular complexity index is 1350. The Kier molecular flexibility index (Phi) is 5.30. The molecule has 1 aromatic heterocycles. The van der Waals surface area contributed by atoms with Crippen LogP contribution in [0.25, 0.3) is 22.6 Å². The third-order valence-corrected chi connectivity index (χ3v) is 6.47. The van der Waals surface area contributed by atoms with E-state index in [1.54, 1.807) is 24.3 Å². The molecule has 0 radical (unpaired) electrons. The number of rotatable bonds is 5. The molecule has 1 heterocycles. The van der Waals surface area contributed by atoms with E-state index in [2.05, 4.69) is 10.3 Å². The Morgan fingerprint density at radius 3 is 2.42 bits per heavy atom. The number of sulfonamides is 1. The zero-order valence-electron chi connectivity index (χ0n) is 16.7. The molecule has 3 aromatic carbocycles. The van der Waals surface area contributed by atoms with Gasteiger partial charge < -0.3 is 9.73 Å². The summed E-state index contributed by atoms with van der Waals surface area (Å²) in [7, 11) is -1.44. The van der Waals surface area contributed by atoms with Gasteiger partial charge >= 0.3 is 0 Å². The second-order valence-corrected chi connectivity index (χ2v) is 9.07. The Hall–Kier alpha value is -3.56. The summed E-state index contributed by atoms with van der Waals surface area (Å²) in [6.07, 6.45) is 0. The molecular weight excluding hydrogens is 421 g/mol. The summed E-state index contributed by atoms with van der Waals surface area (Å²) in [5.41, 5.74) is 2.65. The van der Waals surface area contributed by atoms with Crippen LogP contribution in [0.1, 0.15) is 10.4 Å². The molecule has 1 N–H and O–H groups in total. The van der Waals surface area contributed by atoms with Crippen molar-refractivity contribution >= 4 is 32.7 Å². The summed E-state index contributed by atoms with van der Waals surface area (Å²) in [5.74, 6) is -1.03. The average Bonchev–Trinajstić information content (AvgIpc) is 3.18. The van der Waals surface area contributed by atoms with E-state index in [1.165, 1.54) is 20.2 Å². The number of benzene rings is 3. The van der Waals surface area contributed by atoms with Crippen molar-refractivity contribution in [2.24, 2.45) is 0 Å². The van der Waals surface area contributed by atoms with Crippen LogP contribution < -0.4 is 5.32 Å². The number of carbonyl (C=O) groups excluding carboxylic acids is 1. The lowest BCUT2D eigenvalue weighted by Gasteiger charge is -2.13. The van der Waals surface area contributed by atoms with Crippen LogP contribution >= 0.6 is 0 Å². The lowest BCUT2D eigenvalue weighted by Crippen LogP contribution is -2.24. The number of hydrogen-bond acceptors (Lipinski definition) is 5. The normalized spacial score (nSPS) is 11.7. The zero-order chi connectivity index (χ0) is 22.2. The standard InChI is InChI=1S/C22H18FN3O4S/c1-26(2)31(28,29)20-13-15(9-12-17(20)23)21(27)24-16-10-7-14(8-11-16)22-25-18-5-3-4-6-19(18)30-22/h3-13H,1-2H3,(H,24,27). The largest absolute Gasteiger partial charge is 0.436 e. The molecule has 0 saturated heterocycles. The molecule has 0 spiro atoms. The van der Waals surface area contributed by atoms with E-state index in [0.29, 0.717) is 17.2 Å². The first-order chi connectivity index (χ1) is 14.8. The van der Waals surface area contributed by atoms with Gasteiger partial charge in [0.2, 0.25) is 15.9 Å². The molecule has 4 rings (SSSR count). The summed E-state index contributed by atoms with van der Waals surface area (Å²) in [4.78, 5) is 16.4. The molecule has 0 bridgehead atoms. The number of nitrogens with one attached hydrogen (secondary N) is 1. The van der Waals surface area contributed by atoms with Crippen LogP contribution in [0.4, 0.5) is 10.1 Å². The monoisotopic (exact) mass is 439 g/mol. The van der Waals surface area contributed by atoms with Crippen LogP contribution in [0.15, 0.2) is 76.0 Å². The second-order valence-electron chi connectivity index (χ2n) is 6.95. The Morgan fingerprint density at radius 2 is 1.74 bits per heavy atom. The first-order valence-corrected chi connectivity index (χ1v) is 10.7. The highest BCUT2D eigenvalue weighted by Gasteiger charge is 2.23. The summed E-state index contributed by atoms with van der Waals surface area (Å²) >= 11 is 0. The van der Waals surface area contributed by atoms with Crippen molar-refractivity contribution in [3.63, 3.8) is 0 Å². The van der Waals surface area contributed by atoms with Gasteiger partial charge in [0.25, 0.3) is 5.91 Å². The summed E-state index contributed by atoms with van der Waals surface area (Å²) in [6, 6.07) is 17.4. The first kappa shape index (κ1) is 20.7. The Morgan fingerprint density at radius 1 is 1.03 bits per heavy atom. The fourth-order valence-corrected chi connectivity index (χ4v) is 3.92. The number of anilines is 1. The smallest absolute Gasteiger partial charge is 0.255 e. The predicted molar refractivity (Wildman–Crippen MR) is 115 cm³/mol. The number of aromatic nitrogens is 1. The average molecular weight is 439 g/mol. The van der Waals surface area contributed by atoms with Crippen LogP contribution in [0.3, 0.4) is 0 Å². The summed E-state index contributed by atoms with van der Waals surface area (Å²) < 4.78 is 45.2. The summed E-state index contributed by atoms with van der Waals surface area (Å²) in [6.45, 7) is 0. The van der Waals surface area contributed by atoms with Crippen molar-refractivity contribution in [3.8, 4) is 11.5 Å². The number of nitrogens with zero attached hydrogens (tertiary/aromatic N) is 2. The molecule has 4 aromatic rings. The predicted octanol–water partition coefficient (Wildman–Crippen LogP) is 4.14. The first-order valence-electron chi connectivity index (χ1n) is 9.25. The minimum Gasteiger partial charge on any atom is -0.436 e. The zero-order valence-corrected chi connectivity index (χ0v) is 17.5. The van der Waals surface area contributed by atoms with Crippen molar-refractivity contribution in [2.45, 2.75) is 4.90 Å². The van der Waals surface area contributed by atoms with E-state index in [9.17, 15) is 17.6 Å². The van der Waals surface area contributed by atoms with Crippen molar-refractivity contribution in [1.82, 2.24) is 9.29 Å². The van der Waals surface area contributed by atoms with Gasteiger partial charge in [0.15, 0.2) is 5.58 Å². The fraction of sp³-hybridized carbons (Fsp3) is 0.0909. The highest BCUT2D eigenvalue weighted by atomic mass is 32.2. The van der Waals surface area contributed by atoms with E-state index in [0.717, 1.165) is 27.5 Å².